The highest BCUT2D eigenvalue weighted by atomic mass is 35.5. The minimum absolute atomic E-state index is 0.189. The molecule has 1 aromatic heterocycles. The Morgan fingerprint density at radius 1 is 1.14 bits per heavy atom. The van der Waals surface area contributed by atoms with Gasteiger partial charge in [0.15, 0.2) is 0 Å². The molecule has 1 aromatic carbocycles. The largest absolute Gasteiger partial charge is 0.338 e. The first kappa shape index (κ1) is 13.9. The molecule has 21 heavy (non-hydrogen) atoms. The Bertz CT molecular complexity index is 733. The SMILES string of the molecule is O=C(c1ccc(-c2cccc(Cl)c2)[nH]c1=O)N1CCCC1. The number of carbonyl (C=O) groups is 1. The fraction of sp³-hybridized carbons (Fsp3) is 0.250. The summed E-state index contributed by atoms with van der Waals surface area (Å²) in [4.78, 5) is 28.9. The van der Waals surface area contributed by atoms with Gasteiger partial charge in [0, 0.05) is 23.8 Å². The number of carbonyl (C=O) groups excluding carboxylic acids is 1. The molecule has 2 aromatic rings. The molecule has 1 saturated heterocycles. The third-order valence-electron chi connectivity index (χ3n) is 3.67. The number of amides is 1. The Morgan fingerprint density at radius 3 is 2.57 bits per heavy atom. The second-order valence-corrected chi connectivity index (χ2v) is 5.56. The van der Waals surface area contributed by atoms with Crippen LogP contribution in [0.4, 0.5) is 0 Å². The third-order valence-corrected chi connectivity index (χ3v) is 3.90. The Kier molecular flexibility index (Phi) is 3.80. The molecule has 3 rings (SSSR count). The number of halogens is 1. The smallest absolute Gasteiger partial charge is 0.261 e. The van der Waals surface area contributed by atoms with Crippen LogP contribution in [0.1, 0.15) is 23.2 Å². The molecule has 1 fully saturated rings. The Hall–Kier alpha value is -2.07. The van der Waals surface area contributed by atoms with Crippen molar-refractivity contribution in [3.8, 4) is 11.3 Å². The fourth-order valence-electron chi connectivity index (χ4n) is 2.56. The highest BCUT2D eigenvalue weighted by molar-refractivity contribution is 6.30. The molecule has 5 heteroatoms. The molecule has 1 amide bonds. The number of hydrogen-bond acceptors (Lipinski definition) is 2. The van der Waals surface area contributed by atoms with Crippen molar-refractivity contribution in [3.63, 3.8) is 0 Å². The Morgan fingerprint density at radius 2 is 1.90 bits per heavy atom. The number of H-pyrrole nitrogens is 1. The average molecular weight is 303 g/mol. The molecule has 1 N–H and O–H groups in total. The summed E-state index contributed by atoms with van der Waals surface area (Å²) in [6.45, 7) is 1.46. The summed E-state index contributed by atoms with van der Waals surface area (Å²) in [6, 6.07) is 10.6. The molecule has 0 aliphatic carbocycles. The average Bonchev–Trinajstić information content (AvgIpc) is 3.00. The molecule has 0 spiro atoms. The van der Waals surface area contributed by atoms with E-state index in [0.717, 1.165) is 31.5 Å². The molecule has 0 atom stereocenters. The second kappa shape index (κ2) is 5.74. The van der Waals surface area contributed by atoms with E-state index in [9.17, 15) is 9.59 Å². The monoisotopic (exact) mass is 302 g/mol. The quantitative estimate of drug-likeness (QED) is 0.927. The molecule has 0 unspecified atom stereocenters. The third kappa shape index (κ3) is 2.85. The summed E-state index contributed by atoms with van der Waals surface area (Å²) in [5.74, 6) is -0.189. The number of nitrogens with one attached hydrogen (secondary N) is 1. The predicted molar refractivity (Wildman–Crippen MR) is 82.6 cm³/mol. The fourth-order valence-corrected chi connectivity index (χ4v) is 2.75. The van der Waals surface area contributed by atoms with Crippen LogP contribution in [0.15, 0.2) is 41.2 Å². The van der Waals surface area contributed by atoms with Crippen molar-refractivity contribution in [2.24, 2.45) is 0 Å². The van der Waals surface area contributed by atoms with Crippen LogP contribution < -0.4 is 5.56 Å². The summed E-state index contributed by atoms with van der Waals surface area (Å²) in [5, 5.41) is 0.602. The van der Waals surface area contributed by atoms with Crippen LogP contribution in [-0.4, -0.2) is 28.9 Å². The van der Waals surface area contributed by atoms with Crippen LogP contribution >= 0.6 is 11.6 Å². The van der Waals surface area contributed by atoms with Gasteiger partial charge in [-0.3, -0.25) is 9.59 Å². The number of rotatable bonds is 2. The maximum absolute atomic E-state index is 12.3. The topological polar surface area (TPSA) is 53.2 Å². The highest BCUT2D eigenvalue weighted by Gasteiger charge is 2.21. The summed E-state index contributed by atoms with van der Waals surface area (Å²) in [7, 11) is 0. The van der Waals surface area contributed by atoms with Gasteiger partial charge in [0.05, 0.1) is 0 Å². The number of benzene rings is 1. The highest BCUT2D eigenvalue weighted by Crippen LogP contribution is 2.20. The molecular formula is C16H15ClN2O2. The van der Waals surface area contributed by atoms with E-state index in [1.165, 1.54) is 0 Å². The minimum Gasteiger partial charge on any atom is -0.338 e. The van der Waals surface area contributed by atoms with Gasteiger partial charge in [-0.15, -0.1) is 0 Å². The van der Waals surface area contributed by atoms with Gasteiger partial charge in [-0.05, 0) is 42.7 Å². The lowest BCUT2D eigenvalue weighted by Gasteiger charge is -2.14. The summed E-state index contributed by atoms with van der Waals surface area (Å²) in [5.41, 5.74) is 1.31. The summed E-state index contributed by atoms with van der Waals surface area (Å²) < 4.78 is 0. The number of aromatic amines is 1. The van der Waals surface area contributed by atoms with Crippen LogP contribution in [0.3, 0.4) is 0 Å². The number of nitrogens with zero attached hydrogens (tertiary/aromatic N) is 1. The van der Waals surface area contributed by atoms with Gasteiger partial charge in [-0.2, -0.15) is 0 Å². The van der Waals surface area contributed by atoms with E-state index in [1.54, 1.807) is 29.2 Å². The van der Waals surface area contributed by atoms with E-state index in [0.29, 0.717) is 10.7 Å². The number of pyridine rings is 1. The molecule has 0 saturated carbocycles. The van der Waals surface area contributed by atoms with E-state index < -0.39 is 0 Å². The lowest BCUT2D eigenvalue weighted by molar-refractivity contribution is 0.0791. The maximum Gasteiger partial charge on any atom is 0.261 e. The van der Waals surface area contributed by atoms with Gasteiger partial charge in [0.1, 0.15) is 5.56 Å². The van der Waals surface area contributed by atoms with Crippen molar-refractivity contribution < 1.29 is 4.79 Å². The van der Waals surface area contributed by atoms with Gasteiger partial charge in [0.25, 0.3) is 11.5 Å². The molecule has 2 heterocycles. The van der Waals surface area contributed by atoms with E-state index >= 15 is 0 Å². The molecule has 4 nitrogen and oxygen atoms in total. The minimum atomic E-state index is -0.357. The van der Waals surface area contributed by atoms with E-state index in [2.05, 4.69) is 4.98 Å². The van der Waals surface area contributed by atoms with Gasteiger partial charge in [-0.1, -0.05) is 23.7 Å². The van der Waals surface area contributed by atoms with Crippen molar-refractivity contribution in [1.82, 2.24) is 9.88 Å². The van der Waals surface area contributed by atoms with Gasteiger partial charge < -0.3 is 9.88 Å². The lowest BCUT2D eigenvalue weighted by Crippen LogP contribution is -2.32. The first-order chi connectivity index (χ1) is 10.1. The molecule has 0 radical (unpaired) electrons. The molecule has 1 aliphatic heterocycles. The zero-order valence-electron chi connectivity index (χ0n) is 11.4. The van der Waals surface area contributed by atoms with Crippen molar-refractivity contribution in [3.05, 3.63) is 57.3 Å². The normalized spacial score (nSPS) is 14.4. The van der Waals surface area contributed by atoms with Crippen molar-refractivity contribution in [2.45, 2.75) is 12.8 Å². The van der Waals surface area contributed by atoms with Crippen molar-refractivity contribution in [2.75, 3.05) is 13.1 Å². The molecule has 108 valence electrons. The Balaban J connectivity index is 1.93. The van der Waals surface area contributed by atoms with Crippen LogP contribution in [0, 0.1) is 0 Å². The summed E-state index contributed by atoms with van der Waals surface area (Å²) in [6.07, 6.45) is 2.01. The van der Waals surface area contributed by atoms with Crippen molar-refractivity contribution in [1.29, 1.82) is 0 Å². The molecule has 1 aliphatic rings. The summed E-state index contributed by atoms with van der Waals surface area (Å²) >= 11 is 5.95. The van der Waals surface area contributed by atoms with Crippen LogP contribution in [0.25, 0.3) is 11.3 Å². The zero-order chi connectivity index (χ0) is 14.8. The zero-order valence-corrected chi connectivity index (χ0v) is 12.2. The van der Waals surface area contributed by atoms with Crippen LogP contribution in [-0.2, 0) is 0 Å². The first-order valence-corrected chi connectivity index (χ1v) is 7.31. The number of hydrogen-bond donors (Lipinski definition) is 1. The predicted octanol–water partition coefficient (Wildman–Crippen LogP) is 2.93. The lowest BCUT2D eigenvalue weighted by atomic mass is 10.1. The Labute approximate surface area is 127 Å². The van der Waals surface area contributed by atoms with Gasteiger partial charge >= 0.3 is 0 Å². The van der Waals surface area contributed by atoms with Crippen LogP contribution in [0.2, 0.25) is 5.02 Å². The molecule has 0 bridgehead atoms. The second-order valence-electron chi connectivity index (χ2n) is 5.12. The van der Waals surface area contributed by atoms with E-state index in [1.807, 2.05) is 12.1 Å². The molecular weight excluding hydrogens is 288 g/mol. The number of aromatic nitrogens is 1. The van der Waals surface area contributed by atoms with E-state index in [4.69, 9.17) is 11.6 Å². The standard InChI is InChI=1S/C16H15ClN2O2/c17-12-5-3-4-11(10-12)14-7-6-13(15(20)18-14)16(21)19-8-1-2-9-19/h3-7,10H,1-2,8-9H2,(H,18,20). The maximum atomic E-state index is 12.3. The first-order valence-electron chi connectivity index (χ1n) is 6.94. The van der Waals surface area contributed by atoms with Crippen molar-refractivity contribution >= 4 is 17.5 Å². The van der Waals surface area contributed by atoms with Gasteiger partial charge in [0.2, 0.25) is 0 Å². The number of likely N-dealkylation sites (tertiary alicyclic amines) is 1. The van der Waals surface area contributed by atoms with E-state index in [-0.39, 0.29) is 17.0 Å². The van der Waals surface area contributed by atoms with Gasteiger partial charge in [-0.25, -0.2) is 0 Å². The van der Waals surface area contributed by atoms with Crippen LogP contribution in [0.5, 0.6) is 0 Å².